The molecule has 2 rings (SSSR count). The second kappa shape index (κ2) is 6.27. The highest BCUT2D eigenvalue weighted by Crippen LogP contribution is 2.19. The molecule has 0 spiro atoms. The lowest BCUT2D eigenvalue weighted by molar-refractivity contribution is -0.122. The summed E-state index contributed by atoms with van der Waals surface area (Å²) in [7, 11) is 0. The number of benzene rings is 1. The van der Waals surface area contributed by atoms with Crippen molar-refractivity contribution in [1.29, 1.82) is 0 Å². The van der Waals surface area contributed by atoms with Crippen LogP contribution < -0.4 is 11.1 Å². The fourth-order valence-electron chi connectivity index (χ4n) is 1.57. The van der Waals surface area contributed by atoms with Crippen LogP contribution in [0.3, 0.4) is 0 Å². The normalized spacial score (nSPS) is 12.2. The zero-order valence-electron chi connectivity index (χ0n) is 9.90. The van der Waals surface area contributed by atoms with E-state index in [4.69, 9.17) is 5.73 Å². The number of amides is 1. The van der Waals surface area contributed by atoms with Gasteiger partial charge in [-0.2, -0.15) is 0 Å². The first-order valence-corrected chi connectivity index (χ1v) is 7.26. The third kappa shape index (κ3) is 3.62. The van der Waals surface area contributed by atoms with E-state index in [9.17, 15) is 9.18 Å². The first-order valence-electron chi connectivity index (χ1n) is 5.58. The molecule has 1 aromatic heterocycles. The number of carbonyl (C=O) groups excluding carboxylic acids is 1. The average Bonchev–Trinajstić information content (AvgIpc) is 2.92. The molecule has 3 N–H and O–H groups in total. The highest BCUT2D eigenvalue weighted by atomic mass is 79.9. The molecule has 6 heteroatoms. The maximum absolute atomic E-state index is 13.1. The number of nitrogens with one attached hydrogen (secondary N) is 1. The van der Waals surface area contributed by atoms with E-state index < -0.39 is 6.04 Å². The minimum atomic E-state index is -0.688. The van der Waals surface area contributed by atoms with Crippen molar-refractivity contribution < 1.29 is 9.18 Å². The van der Waals surface area contributed by atoms with E-state index in [0.717, 1.165) is 9.35 Å². The molecule has 1 atom stereocenters. The van der Waals surface area contributed by atoms with E-state index in [-0.39, 0.29) is 18.3 Å². The minimum Gasteiger partial charge on any atom is -0.350 e. The Morgan fingerprint density at radius 2 is 2.26 bits per heavy atom. The summed E-state index contributed by atoms with van der Waals surface area (Å²) < 4.78 is 13.8. The van der Waals surface area contributed by atoms with E-state index >= 15 is 0 Å². The molecular weight excluding hydrogens is 331 g/mol. The van der Waals surface area contributed by atoms with Gasteiger partial charge >= 0.3 is 0 Å². The molecule has 19 heavy (non-hydrogen) atoms. The smallest absolute Gasteiger partial charge is 0.242 e. The van der Waals surface area contributed by atoms with Gasteiger partial charge in [0.25, 0.3) is 0 Å². The Bertz CT molecular complexity index is 574. The average molecular weight is 343 g/mol. The Labute approximate surface area is 122 Å². The summed E-state index contributed by atoms with van der Waals surface area (Å²) in [5.41, 5.74) is 6.50. The summed E-state index contributed by atoms with van der Waals surface area (Å²) in [6.45, 7) is 0.232. The largest absolute Gasteiger partial charge is 0.350 e. The highest BCUT2D eigenvalue weighted by molar-refractivity contribution is 9.10. The van der Waals surface area contributed by atoms with Crippen LogP contribution in [0.15, 0.2) is 40.2 Å². The van der Waals surface area contributed by atoms with Gasteiger partial charge in [0.05, 0.1) is 0 Å². The topological polar surface area (TPSA) is 55.1 Å². The summed E-state index contributed by atoms with van der Waals surface area (Å²) in [6, 6.07) is 7.31. The van der Waals surface area contributed by atoms with Crippen LogP contribution in [0, 0.1) is 5.82 Å². The second-order valence-corrected chi connectivity index (χ2v) is 5.78. The van der Waals surface area contributed by atoms with Gasteiger partial charge in [-0.05, 0) is 35.2 Å². The van der Waals surface area contributed by atoms with Crippen molar-refractivity contribution in [2.45, 2.75) is 12.6 Å². The van der Waals surface area contributed by atoms with E-state index in [1.807, 2.05) is 17.5 Å². The number of hydrogen-bond donors (Lipinski definition) is 2. The number of hydrogen-bond acceptors (Lipinski definition) is 3. The van der Waals surface area contributed by atoms with Crippen molar-refractivity contribution in [3.8, 4) is 0 Å². The number of halogens is 2. The molecule has 0 saturated carbocycles. The summed E-state index contributed by atoms with van der Waals surface area (Å²) in [5, 5.41) is 4.57. The molecule has 1 unspecified atom stereocenters. The van der Waals surface area contributed by atoms with Gasteiger partial charge < -0.3 is 11.1 Å². The Hall–Kier alpha value is -1.24. The quantitative estimate of drug-likeness (QED) is 0.897. The monoisotopic (exact) mass is 342 g/mol. The summed E-state index contributed by atoms with van der Waals surface area (Å²) in [4.78, 5) is 12.7. The lowest BCUT2D eigenvalue weighted by Crippen LogP contribution is -2.33. The van der Waals surface area contributed by atoms with Crippen LogP contribution in [0.4, 0.5) is 4.39 Å². The molecule has 100 valence electrons. The zero-order chi connectivity index (χ0) is 13.8. The number of nitrogens with two attached hydrogens (primary N) is 1. The van der Waals surface area contributed by atoms with Crippen molar-refractivity contribution in [2.75, 3.05) is 0 Å². The molecule has 1 amide bonds. The molecule has 0 saturated heterocycles. The van der Waals surface area contributed by atoms with Gasteiger partial charge in [-0.1, -0.05) is 22.0 Å². The van der Waals surface area contributed by atoms with Crippen molar-refractivity contribution in [2.24, 2.45) is 5.73 Å². The Morgan fingerprint density at radius 3 is 2.95 bits per heavy atom. The highest BCUT2D eigenvalue weighted by Gasteiger charge is 2.16. The van der Waals surface area contributed by atoms with Crippen LogP contribution in [0.5, 0.6) is 0 Å². The van der Waals surface area contributed by atoms with E-state index in [1.54, 1.807) is 6.07 Å². The van der Waals surface area contributed by atoms with Gasteiger partial charge in [-0.25, -0.2) is 4.39 Å². The fourth-order valence-corrected chi connectivity index (χ4v) is 2.68. The van der Waals surface area contributed by atoms with Crippen LogP contribution in [0.1, 0.15) is 16.5 Å². The van der Waals surface area contributed by atoms with E-state index in [1.165, 1.54) is 23.5 Å². The molecule has 2 aromatic rings. The fraction of sp³-hybridized carbons (Fsp3) is 0.154. The van der Waals surface area contributed by atoms with Crippen LogP contribution >= 0.6 is 27.3 Å². The molecule has 0 aliphatic heterocycles. The van der Waals surface area contributed by atoms with Gasteiger partial charge in [0.2, 0.25) is 5.91 Å². The Morgan fingerprint density at radius 1 is 1.47 bits per heavy atom. The maximum atomic E-state index is 13.1. The predicted octanol–water partition coefficient (Wildman–Crippen LogP) is 2.97. The van der Waals surface area contributed by atoms with Crippen LogP contribution in [0.2, 0.25) is 0 Å². The maximum Gasteiger partial charge on any atom is 0.242 e. The third-order valence-corrected chi connectivity index (χ3v) is 4.32. The lowest BCUT2D eigenvalue weighted by atomic mass is 10.2. The first-order chi connectivity index (χ1) is 9.08. The number of thiophene rings is 1. The van der Waals surface area contributed by atoms with Gasteiger partial charge in [0.15, 0.2) is 0 Å². The lowest BCUT2D eigenvalue weighted by Gasteiger charge is -2.11. The number of rotatable bonds is 4. The molecule has 0 aliphatic rings. The number of carbonyl (C=O) groups is 1. The summed E-state index contributed by atoms with van der Waals surface area (Å²) in [6.07, 6.45) is 0. The van der Waals surface area contributed by atoms with Gasteiger partial charge in [0, 0.05) is 15.9 Å². The molecule has 0 bridgehead atoms. The predicted molar refractivity (Wildman–Crippen MR) is 77.2 cm³/mol. The molecule has 3 nitrogen and oxygen atoms in total. The third-order valence-electron chi connectivity index (χ3n) is 2.59. The van der Waals surface area contributed by atoms with Crippen LogP contribution in [0.25, 0.3) is 0 Å². The van der Waals surface area contributed by atoms with E-state index in [0.29, 0.717) is 5.56 Å². The molecule has 1 aromatic carbocycles. The Balaban J connectivity index is 1.99. The molecular formula is C13H12BrFN2OS. The Kier molecular flexibility index (Phi) is 4.68. The van der Waals surface area contributed by atoms with Gasteiger partial charge in [-0.3, -0.25) is 4.79 Å². The van der Waals surface area contributed by atoms with Gasteiger partial charge in [-0.15, -0.1) is 11.3 Å². The molecule has 1 heterocycles. The second-order valence-electron chi connectivity index (χ2n) is 3.95. The summed E-state index contributed by atoms with van der Waals surface area (Å²) >= 11 is 4.74. The first kappa shape index (κ1) is 14.2. The standard InChI is InChI=1S/C13H12BrFN2OS/c14-10-4-3-9(15)6-8(10)7-17-13(18)12(16)11-2-1-5-19-11/h1-6,12H,7,16H2,(H,17,18). The minimum absolute atomic E-state index is 0.232. The zero-order valence-corrected chi connectivity index (χ0v) is 12.3. The van der Waals surface area contributed by atoms with Crippen molar-refractivity contribution in [1.82, 2.24) is 5.32 Å². The van der Waals surface area contributed by atoms with Crippen molar-refractivity contribution >= 4 is 33.2 Å². The SMILES string of the molecule is NC(C(=O)NCc1cc(F)ccc1Br)c1cccs1. The van der Waals surface area contributed by atoms with E-state index in [2.05, 4.69) is 21.2 Å². The molecule has 0 aliphatic carbocycles. The van der Waals surface area contributed by atoms with Crippen LogP contribution in [-0.2, 0) is 11.3 Å². The van der Waals surface area contributed by atoms with Crippen molar-refractivity contribution in [3.63, 3.8) is 0 Å². The van der Waals surface area contributed by atoms with Gasteiger partial charge in [0.1, 0.15) is 11.9 Å². The molecule has 0 fully saturated rings. The summed E-state index contributed by atoms with van der Waals surface area (Å²) in [5.74, 6) is -0.617. The van der Waals surface area contributed by atoms with Crippen LogP contribution in [-0.4, -0.2) is 5.91 Å². The van der Waals surface area contributed by atoms with Crippen molar-refractivity contribution in [3.05, 3.63) is 56.4 Å². The molecule has 0 radical (unpaired) electrons.